The van der Waals surface area contributed by atoms with E-state index in [-0.39, 0.29) is 6.61 Å². The SMILES string of the molecule is OC1[C@@H](OCCS)OC[C@@H](O)[C@@H]1O. The van der Waals surface area contributed by atoms with Crippen LogP contribution in [0.2, 0.25) is 0 Å². The van der Waals surface area contributed by atoms with Crippen molar-refractivity contribution in [2.24, 2.45) is 0 Å². The highest BCUT2D eigenvalue weighted by Gasteiger charge is 2.37. The van der Waals surface area contributed by atoms with Crippen LogP contribution in [0.5, 0.6) is 0 Å². The third kappa shape index (κ3) is 2.80. The van der Waals surface area contributed by atoms with Gasteiger partial charge in [0.15, 0.2) is 6.29 Å². The topological polar surface area (TPSA) is 79.2 Å². The molecule has 78 valence electrons. The maximum absolute atomic E-state index is 9.35. The summed E-state index contributed by atoms with van der Waals surface area (Å²) in [6.07, 6.45) is -4.33. The molecule has 1 heterocycles. The Morgan fingerprint density at radius 2 is 2.00 bits per heavy atom. The Bertz CT molecular complexity index is 154. The molecule has 1 unspecified atom stereocenters. The standard InChI is InChI=1S/C7H14O5S/c8-4-3-12-7(11-1-2-13)6(10)5(4)9/h4-10,13H,1-3H2/t4-,5+,6?,7+/m1/s1. The molecule has 1 fully saturated rings. The lowest BCUT2D eigenvalue weighted by Gasteiger charge is -2.34. The predicted molar refractivity (Wildman–Crippen MR) is 47.6 cm³/mol. The maximum Gasteiger partial charge on any atom is 0.186 e. The third-order valence-corrected chi connectivity index (χ3v) is 2.01. The van der Waals surface area contributed by atoms with E-state index < -0.39 is 24.6 Å². The molecule has 0 bridgehead atoms. The van der Waals surface area contributed by atoms with E-state index >= 15 is 0 Å². The molecule has 0 aromatic heterocycles. The van der Waals surface area contributed by atoms with Gasteiger partial charge in [0.2, 0.25) is 0 Å². The minimum Gasteiger partial charge on any atom is -0.388 e. The number of aliphatic hydroxyl groups is 3. The van der Waals surface area contributed by atoms with Crippen LogP contribution in [0.3, 0.4) is 0 Å². The molecule has 3 N–H and O–H groups in total. The Labute approximate surface area is 81.7 Å². The minimum absolute atomic E-state index is 0.0323. The first-order valence-corrected chi connectivity index (χ1v) is 4.68. The van der Waals surface area contributed by atoms with E-state index in [4.69, 9.17) is 14.6 Å². The van der Waals surface area contributed by atoms with Gasteiger partial charge in [0, 0.05) is 5.75 Å². The lowest BCUT2D eigenvalue weighted by atomic mass is 10.1. The van der Waals surface area contributed by atoms with Crippen molar-refractivity contribution < 1.29 is 24.8 Å². The molecule has 1 saturated heterocycles. The molecule has 1 aliphatic rings. The van der Waals surface area contributed by atoms with E-state index in [0.29, 0.717) is 12.4 Å². The Balaban J connectivity index is 2.39. The number of hydrogen-bond acceptors (Lipinski definition) is 6. The summed E-state index contributed by atoms with van der Waals surface area (Å²) >= 11 is 3.92. The summed E-state index contributed by atoms with van der Waals surface area (Å²) in [7, 11) is 0. The number of aliphatic hydroxyl groups excluding tert-OH is 3. The normalized spacial score (nSPS) is 40.6. The number of hydrogen-bond donors (Lipinski definition) is 4. The second-order valence-corrected chi connectivity index (χ2v) is 3.29. The van der Waals surface area contributed by atoms with Crippen molar-refractivity contribution in [3.05, 3.63) is 0 Å². The van der Waals surface area contributed by atoms with Gasteiger partial charge in [-0.1, -0.05) is 0 Å². The summed E-state index contributed by atoms with van der Waals surface area (Å²) < 4.78 is 10.0. The highest BCUT2D eigenvalue weighted by molar-refractivity contribution is 7.80. The molecule has 0 aromatic carbocycles. The summed E-state index contributed by atoms with van der Waals surface area (Å²) in [5.74, 6) is 0.505. The van der Waals surface area contributed by atoms with Gasteiger partial charge in [-0.05, 0) is 0 Å². The Hall–Kier alpha value is 0.150. The quantitative estimate of drug-likeness (QED) is 0.421. The molecule has 6 heteroatoms. The van der Waals surface area contributed by atoms with Crippen molar-refractivity contribution in [2.75, 3.05) is 19.0 Å². The average Bonchev–Trinajstić information content (AvgIpc) is 2.13. The van der Waals surface area contributed by atoms with Gasteiger partial charge in [-0.2, -0.15) is 12.6 Å². The summed E-state index contributed by atoms with van der Waals surface area (Å²) in [6.45, 7) is 0.295. The highest BCUT2D eigenvalue weighted by Crippen LogP contribution is 2.16. The highest BCUT2D eigenvalue weighted by atomic mass is 32.1. The van der Waals surface area contributed by atoms with E-state index in [1.54, 1.807) is 0 Å². The van der Waals surface area contributed by atoms with Crippen molar-refractivity contribution in [1.82, 2.24) is 0 Å². The van der Waals surface area contributed by atoms with Gasteiger partial charge in [0.25, 0.3) is 0 Å². The largest absolute Gasteiger partial charge is 0.388 e. The molecule has 0 aliphatic carbocycles. The van der Waals surface area contributed by atoms with E-state index in [2.05, 4.69) is 12.6 Å². The summed E-state index contributed by atoms with van der Waals surface area (Å²) in [6, 6.07) is 0. The van der Waals surface area contributed by atoms with Crippen molar-refractivity contribution in [1.29, 1.82) is 0 Å². The van der Waals surface area contributed by atoms with Crippen molar-refractivity contribution in [3.8, 4) is 0 Å². The molecule has 13 heavy (non-hydrogen) atoms. The van der Waals surface area contributed by atoms with Crippen molar-refractivity contribution >= 4 is 12.6 Å². The van der Waals surface area contributed by atoms with Crippen molar-refractivity contribution in [2.45, 2.75) is 24.6 Å². The number of rotatable bonds is 3. The van der Waals surface area contributed by atoms with Gasteiger partial charge in [-0.3, -0.25) is 0 Å². The Morgan fingerprint density at radius 1 is 1.31 bits per heavy atom. The molecule has 5 nitrogen and oxygen atoms in total. The van der Waals surface area contributed by atoms with Gasteiger partial charge >= 0.3 is 0 Å². The fraction of sp³-hybridized carbons (Fsp3) is 1.00. The molecule has 0 spiro atoms. The number of thiol groups is 1. The zero-order valence-electron chi connectivity index (χ0n) is 7.04. The van der Waals surface area contributed by atoms with E-state index in [0.717, 1.165) is 0 Å². The molecule has 0 radical (unpaired) electrons. The van der Waals surface area contributed by atoms with Crippen LogP contribution in [-0.2, 0) is 9.47 Å². The van der Waals surface area contributed by atoms with Crippen LogP contribution in [0, 0.1) is 0 Å². The van der Waals surface area contributed by atoms with Gasteiger partial charge in [-0.15, -0.1) is 0 Å². The zero-order valence-corrected chi connectivity index (χ0v) is 7.93. The average molecular weight is 210 g/mol. The smallest absolute Gasteiger partial charge is 0.186 e. The fourth-order valence-electron chi connectivity index (χ4n) is 1.09. The summed E-state index contributed by atoms with van der Waals surface area (Å²) in [4.78, 5) is 0. The molecule has 1 rings (SSSR count). The van der Waals surface area contributed by atoms with Crippen LogP contribution < -0.4 is 0 Å². The summed E-state index contributed by atoms with van der Waals surface area (Å²) in [5.41, 5.74) is 0. The fourth-order valence-corrected chi connectivity index (χ4v) is 1.20. The summed E-state index contributed by atoms with van der Waals surface area (Å²) in [5, 5.41) is 27.7. The molecule has 4 atom stereocenters. The van der Waals surface area contributed by atoms with E-state index in [9.17, 15) is 10.2 Å². The molecule has 0 amide bonds. The Morgan fingerprint density at radius 3 is 2.62 bits per heavy atom. The van der Waals surface area contributed by atoms with Gasteiger partial charge < -0.3 is 24.8 Å². The lowest BCUT2D eigenvalue weighted by molar-refractivity contribution is -0.268. The second kappa shape index (κ2) is 5.14. The molecule has 1 aliphatic heterocycles. The molecular weight excluding hydrogens is 196 g/mol. The minimum atomic E-state index is -1.21. The lowest BCUT2D eigenvalue weighted by Crippen LogP contribution is -2.53. The van der Waals surface area contributed by atoms with Crippen LogP contribution >= 0.6 is 12.6 Å². The molecule has 0 saturated carbocycles. The predicted octanol–water partition coefficient (Wildman–Crippen LogP) is -1.63. The zero-order chi connectivity index (χ0) is 9.84. The number of ether oxygens (including phenoxy) is 2. The first-order chi connectivity index (χ1) is 6.16. The first-order valence-electron chi connectivity index (χ1n) is 4.05. The monoisotopic (exact) mass is 210 g/mol. The van der Waals surface area contributed by atoms with Gasteiger partial charge in [0.05, 0.1) is 13.2 Å². The van der Waals surface area contributed by atoms with Crippen LogP contribution in [0.4, 0.5) is 0 Å². The van der Waals surface area contributed by atoms with Crippen LogP contribution in [0.15, 0.2) is 0 Å². The van der Waals surface area contributed by atoms with Gasteiger partial charge in [-0.25, -0.2) is 0 Å². The third-order valence-electron chi connectivity index (χ3n) is 1.83. The van der Waals surface area contributed by atoms with Crippen LogP contribution in [0.1, 0.15) is 0 Å². The maximum atomic E-state index is 9.35. The van der Waals surface area contributed by atoms with E-state index in [1.807, 2.05) is 0 Å². The van der Waals surface area contributed by atoms with Gasteiger partial charge in [0.1, 0.15) is 18.3 Å². The van der Waals surface area contributed by atoms with Crippen LogP contribution in [0.25, 0.3) is 0 Å². The first kappa shape index (κ1) is 11.2. The van der Waals surface area contributed by atoms with E-state index in [1.165, 1.54) is 0 Å². The molecular formula is C7H14O5S. The van der Waals surface area contributed by atoms with Crippen LogP contribution in [-0.4, -0.2) is 58.9 Å². The Kier molecular flexibility index (Phi) is 4.43. The van der Waals surface area contributed by atoms with Crippen molar-refractivity contribution in [3.63, 3.8) is 0 Å². The second-order valence-electron chi connectivity index (χ2n) is 2.84. The molecule has 0 aromatic rings.